The molecule has 1 aliphatic rings. The molecular weight excluding hydrogens is 339 g/mol. The van der Waals surface area contributed by atoms with Crippen molar-refractivity contribution in [2.75, 3.05) is 17.6 Å². The van der Waals surface area contributed by atoms with Crippen LogP contribution in [0.3, 0.4) is 0 Å². The fraction of sp³-hybridized carbons (Fsp3) is 0.263. The van der Waals surface area contributed by atoms with Crippen LogP contribution in [0.15, 0.2) is 53.4 Å². The summed E-state index contributed by atoms with van der Waals surface area (Å²) in [4.78, 5) is 26.1. The molecule has 3 rings (SSSR count). The average molecular weight is 358 g/mol. The number of amides is 2. The van der Waals surface area contributed by atoms with Gasteiger partial charge in [0, 0.05) is 30.1 Å². The SMILES string of the molecule is O=C(CSc1ccccc1F)Nc1cccc(CN2CCCC2=O)c1. The maximum Gasteiger partial charge on any atom is 0.234 e. The molecule has 2 aromatic rings. The van der Waals surface area contributed by atoms with E-state index in [4.69, 9.17) is 0 Å². The van der Waals surface area contributed by atoms with Gasteiger partial charge in [0.25, 0.3) is 0 Å². The first kappa shape index (κ1) is 17.5. The molecule has 0 aliphatic carbocycles. The van der Waals surface area contributed by atoms with Crippen molar-refractivity contribution >= 4 is 29.3 Å². The zero-order valence-electron chi connectivity index (χ0n) is 13.7. The molecular formula is C19H19FN2O2S. The molecule has 2 amide bonds. The van der Waals surface area contributed by atoms with Crippen molar-refractivity contribution in [1.82, 2.24) is 4.90 Å². The molecule has 0 radical (unpaired) electrons. The lowest BCUT2D eigenvalue weighted by Crippen LogP contribution is -2.23. The molecule has 0 unspecified atom stereocenters. The Bertz CT molecular complexity index is 782. The number of hydrogen-bond acceptors (Lipinski definition) is 3. The van der Waals surface area contributed by atoms with Gasteiger partial charge in [-0.3, -0.25) is 9.59 Å². The van der Waals surface area contributed by atoms with E-state index in [1.54, 1.807) is 24.3 Å². The number of nitrogens with zero attached hydrogens (tertiary/aromatic N) is 1. The first-order valence-electron chi connectivity index (χ1n) is 8.16. The highest BCUT2D eigenvalue weighted by Crippen LogP contribution is 2.22. The first-order chi connectivity index (χ1) is 12.1. The van der Waals surface area contributed by atoms with Crippen LogP contribution in [0.5, 0.6) is 0 Å². The van der Waals surface area contributed by atoms with Crippen LogP contribution in [0, 0.1) is 5.82 Å². The second kappa shape index (κ2) is 8.16. The summed E-state index contributed by atoms with van der Waals surface area (Å²) in [5.74, 6) is -0.202. The quantitative estimate of drug-likeness (QED) is 0.802. The molecule has 0 spiro atoms. The van der Waals surface area contributed by atoms with E-state index in [-0.39, 0.29) is 23.4 Å². The molecule has 0 bridgehead atoms. The maximum atomic E-state index is 13.6. The predicted octanol–water partition coefficient (Wildman–Crippen LogP) is 3.68. The molecule has 6 heteroatoms. The lowest BCUT2D eigenvalue weighted by molar-refractivity contribution is -0.128. The van der Waals surface area contributed by atoms with Gasteiger partial charge in [-0.2, -0.15) is 0 Å². The highest BCUT2D eigenvalue weighted by Gasteiger charge is 2.20. The largest absolute Gasteiger partial charge is 0.338 e. The zero-order chi connectivity index (χ0) is 17.6. The number of hydrogen-bond donors (Lipinski definition) is 1. The van der Waals surface area contributed by atoms with Gasteiger partial charge in [-0.1, -0.05) is 24.3 Å². The van der Waals surface area contributed by atoms with Gasteiger partial charge in [0.1, 0.15) is 5.82 Å². The normalized spacial score (nSPS) is 14.0. The predicted molar refractivity (Wildman–Crippen MR) is 96.8 cm³/mol. The number of thioether (sulfide) groups is 1. The van der Waals surface area contributed by atoms with E-state index in [0.717, 1.165) is 18.5 Å². The molecule has 0 atom stereocenters. The molecule has 130 valence electrons. The second-order valence-corrected chi connectivity index (χ2v) is 6.90. The van der Waals surface area contributed by atoms with Crippen molar-refractivity contribution in [2.45, 2.75) is 24.3 Å². The summed E-state index contributed by atoms with van der Waals surface area (Å²) in [6, 6.07) is 13.9. The highest BCUT2D eigenvalue weighted by molar-refractivity contribution is 8.00. The monoisotopic (exact) mass is 358 g/mol. The number of likely N-dealkylation sites (tertiary alicyclic amines) is 1. The molecule has 0 aromatic heterocycles. The van der Waals surface area contributed by atoms with Crippen molar-refractivity contribution < 1.29 is 14.0 Å². The average Bonchev–Trinajstić information content (AvgIpc) is 2.99. The van der Waals surface area contributed by atoms with Crippen LogP contribution in [0.1, 0.15) is 18.4 Å². The molecule has 1 N–H and O–H groups in total. The van der Waals surface area contributed by atoms with E-state index >= 15 is 0 Å². The van der Waals surface area contributed by atoms with Gasteiger partial charge in [0.05, 0.1) is 5.75 Å². The van der Waals surface area contributed by atoms with Crippen molar-refractivity contribution in [3.05, 3.63) is 59.9 Å². The van der Waals surface area contributed by atoms with Gasteiger partial charge in [0.2, 0.25) is 11.8 Å². The molecule has 2 aromatic carbocycles. The van der Waals surface area contributed by atoms with Gasteiger partial charge in [-0.25, -0.2) is 4.39 Å². The van der Waals surface area contributed by atoms with Gasteiger partial charge in [0.15, 0.2) is 0 Å². The number of anilines is 1. The van der Waals surface area contributed by atoms with Crippen molar-refractivity contribution in [3.63, 3.8) is 0 Å². The van der Waals surface area contributed by atoms with E-state index in [9.17, 15) is 14.0 Å². The van der Waals surface area contributed by atoms with Crippen LogP contribution >= 0.6 is 11.8 Å². The van der Waals surface area contributed by atoms with E-state index < -0.39 is 0 Å². The first-order valence-corrected chi connectivity index (χ1v) is 9.14. The standard InChI is InChI=1S/C19H19FN2O2S/c20-16-7-1-2-8-17(16)25-13-18(23)21-15-6-3-5-14(11-15)12-22-10-4-9-19(22)24/h1-3,5-8,11H,4,9-10,12-13H2,(H,21,23). The number of halogens is 1. The van der Waals surface area contributed by atoms with Crippen LogP contribution in [-0.4, -0.2) is 29.0 Å². The number of carbonyl (C=O) groups excluding carboxylic acids is 2. The van der Waals surface area contributed by atoms with Gasteiger partial charge in [-0.05, 0) is 36.2 Å². The molecule has 0 saturated carbocycles. The molecule has 1 fully saturated rings. The van der Waals surface area contributed by atoms with Crippen LogP contribution in [0.25, 0.3) is 0 Å². The number of carbonyl (C=O) groups is 2. The van der Waals surface area contributed by atoms with Crippen LogP contribution in [0.2, 0.25) is 0 Å². The van der Waals surface area contributed by atoms with E-state index in [1.807, 2.05) is 23.1 Å². The molecule has 25 heavy (non-hydrogen) atoms. The fourth-order valence-electron chi connectivity index (χ4n) is 2.74. The van der Waals surface area contributed by atoms with Gasteiger partial charge >= 0.3 is 0 Å². The van der Waals surface area contributed by atoms with Gasteiger partial charge in [-0.15, -0.1) is 11.8 Å². The van der Waals surface area contributed by atoms with Crippen LogP contribution in [0.4, 0.5) is 10.1 Å². The van der Waals surface area contributed by atoms with Crippen LogP contribution in [-0.2, 0) is 16.1 Å². The molecule has 4 nitrogen and oxygen atoms in total. The minimum absolute atomic E-state index is 0.135. The minimum Gasteiger partial charge on any atom is -0.338 e. The Balaban J connectivity index is 1.55. The maximum absolute atomic E-state index is 13.6. The third-order valence-corrected chi connectivity index (χ3v) is 5.00. The zero-order valence-corrected chi connectivity index (χ0v) is 14.5. The number of rotatable bonds is 6. The molecule has 1 saturated heterocycles. The van der Waals surface area contributed by atoms with Crippen molar-refractivity contribution in [3.8, 4) is 0 Å². The summed E-state index contributed by atoms with van der Waals surface area (Å²) >= 11 is 1.17. The summed E-state index contributed by atoms with van der Waals surface area (Å²) < 4.78 is 13.6. The topological polar surface area (TPSA) is 49.4 Å². The Hall–Kier alpha value is -2.34. The Morgan fingerprint density at radius 2 is 2.04 bits per heavy atom. The van der Waals surface area contributed by atoms with Crippen molar-refractivity contribution in [1.29, 1.82) is 0 Å². The lowest BCUT2D eigenvalue weighted by atomic mass is 10.2. The lowest BCUT2D eigenvalue weighted by Gasteiger charge is -2.16. The third-order valence-electron chi connectivity index (χ3n) is 3.95. The Morgan fingerprint density at radius 3 is 2.80 bits per heavy atom. The summed E-state index contributed by atoms with van der Waals surface area (Å²) in [6.07, 6.45) is 1.52. The van der Waals surface area contributed by atoms with Gasteiger partial charge < -0.3 is 10.2 Å². The smallest absolute Gasteiger partial charge is 0.234 e. The third kappa shape index (κ3) is 4.82. The summed E-state index contributed by atoms with van der Waals surface area (Å²) in [7, 11) is 0. The van der Waals surface area contributed by atoms with E-state index in [1.165, 1.54) is 17.8 Å². The molecule has 1 heterocycles. The summed E-state index contributed by atoms with van der Waals surface area (Å²) in [5.41, 5.74) is 1.66. The van der Waals surface area contributed by atoms with Crippen molar-refractivity contribution in [2.24, 2.45) is 0 Å². The fourth-order valence-corrected chi connectivity index (χ4v) is 3.48. The summed E-state index contributed by atoms with van der Waals surface area (Å²) in [6.45, 7) is 1.35. The van der Waals surface area contributed by atoms with Crippen LogP contribution < -0.4 is 5.32 Å². The number of nitrogens with one attached hydrogen (secondary N) is 1. The highest BCUT2D eigenvalue weighted by atomic mass is 32.2. The molecule has 1 aliphatic heterocycles. The Labute approximate surface area is 150 Å². The summed E-state index contributed by atoms with van der Waals surface area (Å²) in [5, 5.41) is 2.82. The minimum atomic E-state index is -0.322. The van der Waals surface area contributed by atoms with E-state index in [0.29, 0.717) is 23.5 Å². The number of benzene rings is 2. The van der Waals surface area contributed by atoms with E-state index in [2.05, 4.69) is 5.32 Å². The second-order valence-electron chi connectivity index (χ2n) is 5.89. The Kier molecular flexibility index (Phi) is 5.71. The Morgan fingerprint density at radius 1 is 1.20 bits per heavy atom.